The number of carbonyl (C=O) groups excluding carboxylic acids is 1. The molecule has 0 bridgehead atoms. The van der Waals surface area contributed by atoms with Gasteiger partial charge in [0.1, 0.15) is 5.75 Å². The molecule has 2 rings (SSSR count). The quantitative estimate of drug-likeness (QED) is 0.430. The van der Waals surface area contributed by atoms with Crippen molar-refractivity contribution in [3.63, 3.8) is 0 Å². The maximum atomic E-state index is 11.8. The monoisotopic (exact) mass is 328 g/mol. The Morgan fingerprint density at radius 2 is 1.79 bits per heavy atom. The molecular formula is C19H20O5. The summed E-state index contributed by atoms with van der Waals surface area (Å²) < 4.78 is 5.28. The lowest BCUT2D eigenvalue weighted by Crippen LogP contribution is -2.13. The summed E-state index contributed by atoms with van der Waals surface area (Å²) in [5, 5.41) is 27.9. The van der Waals surface area contributed by atoms with Crippen LogP contribution in [-0.2, 0) is 16.0 Å². The van der Waals surface area contributed by atoms with Gasteiger partial charge in [0.2, 0.25) is 0 Å². The lowest BCUT2D eigenvalue weighted by atomic mass is 10.1. The maximum Gasteiger partial charge on any atom is 0.331 e. The summed E-state index contributed by atoms with van der Waals surface area (Å²) in [6, 6.07) is 11.2. The van der Waals surface area contributed by atoms with Crippen molar-refractivity contribution in [2.75, 3.05) is 0 Å². The molecule has 3 N–H and O–H groups in total. The SMILES string of the molecule is C[C@H](CCc1ccc(O)cc1)OC(=O)/C=C/c1ccc(O)c(O)c1. The minimum atomic E-state index is -0.472. The fourth-order valence-corrected chi connectivity index (χ4v) is 2.14. The zero-order valence-electron chi connectivity index (χ0n) is 13.3. The molecule has 0 unspecified atom stereocenters. The van der Waals surface area contributed by atoms with E-state index in [2.05, 4.69) is 0 Å². The van der Waals surface area contributed by atoms with Gasteiger partial charge >= 0.3 is 5.97 Å². The Balaban J connectivity index is 1.81. The number of aromatic hydroxyl groups is 3. The molecule has 0 aromatic heterocycles. The van der Waals surface area contributed by atoms with Crippen molar-refractivity contribution < 1.29 is 24.9 Å². The molecule has 0 aliphatic carbocycles. The summed E-state index contributed by atoms with van der Waals surface area (Å²) in [6.45, 7) is 1.82. The summed E-state index contributed by atoms with van der Waals surface area (Å²) in [7, 11) is 0. The van der Waals surface area contributed by atoms with Gasteiger partial charge in [-0.2, -0.15) is 0 Å². The minimum Gasteiger partial charge on any atom is -0.508 e. The van der Waals surface area contributed by atoms with Gasteiger partial charge in [-0.1, -0.05) is 18.2 Å². The van der Waals surface area contributed by atoms with Gasteiger partial charge in [0.05, 0.1) is 6.10 Å². The zero-order chi connectivity index (χ0) is 17.5. The summed E-state index contributed by atoms with van der Waals surface area (Å²) in [6.07, 6.45) is 3.95. The standard InChI is InChI=1S/C19H20O5/c1-13(2-3-14-4-8-16(20)9-5-14)24-19(23)11-7-15-6-10-17(21)18(22)12-15/h4-13,20-22H,2-3H2,1H3/b11-7+/t13-/m1/s1. The lowest BCUT2D eigenvalue weighted by molar-refractivity contribution is -0.142. The fraction of sp³-hybridized carbons (Fsp3) is 0.211. The summed E-state index contributed by atoms with van der Waals surface area (Å²) in [4.78, 5) is 11.8. The van der Waals surface area contributed by atoms with Crippen LogP contribution in [0.4, 0.5) is 0 Å². The van der Waals surface area contributed by atoms with Crippen LogP contribution in [-0.4, -0.2) is 27.4 Å². The van der Waals surface area contributed by atoms with Crippen molar-refractivity contribution in [3.05, 3.63) is 59.7 Å². The molecule has 24 heavy (non-hydrogen) atoms. The van der Waals surface area contributed by atoms with Crippen molar-refractivity contribution in [3.8, 4) is 17.2 Å². The van der Waals surface area contributed by atoms with Crippen LogP contribution in [0.1, 0.15) is 24.5 Å². The second-order valence-corrected chi connectivity index (χ2v) is 5.53. The average Bonchev–Trinajstić information content (AvgIpc) is 2.55. The average molecular weight is 328 g/mol. The Hall–Kier alpha value is -2.95. The molecule has 0 spiro atoms. The van der Waals surface area contributed by atoms with Crippen molar-refractivity contribution in [2.45, 2.75) is 25.9 Å². The van der Waals surface area contributed by atoms with E-state index in [1.165, 1.54) is 24.3 Å². The van der Waals surface area contributed by atoms with Gasteiger partial charge in [-0.25, -0.2) is 4.79 Å². The van der Waals surface area contributed by atoms with Crippen molar-refractivity contribution in [1.29, 1.82) is 0 Å². The number of phenolic OH excluding ortho intramolecular Hbond substituents is 3. The number of rotatable bonds is 6. The number of aryl methyl sites for hydroxylation is 1. The van der Waals surface area contributed by atoms with Crippen molar-refractivity contribution in [2.24, 2.45) is 0 Å². The van der Waals surface area contributed by atoms with Gasteiger partial charge in [0, 0.05) is 6.08 Å². The molecule has 0 amide bonds. The van der Waals surface area contributed by atoms with E-state index in [4.69, 9.17) is 4.74 Å². The van der Waals surface area contributed by atoms with Gasteiger partial charge in [0.15, 0.2) is 11.5 Å². The Kier molecular flexibility index (Phi) is 5.84. The highest BCUT2D eigenvalue weighted by atomic mass is 16.5. The van der Waals surface area contributed by atoms with Gasteiger partial charge in [0.25, 0.3) is 0 Å². The molecule has 2 aromatic rings. The molecule has 1 atom stereocenters. The van der Waals surface area contributed by atoms with E-state index < -0.39 is 5.97 Å². The van der Waals surface area contributed by atoms with Crippen LogP contribution in [0.5, 0.6) is 17.2 Å². The molecule has 0 fully saturated rings. The van der Waals surface area contributed by atoms with Gasteiger partial charge in [-0.15, -0.1) is 0 Å². The zero-order valence-corrected chi connectivity index (χ0v) is 13.3. The Morgan fingerprint density at radius 3 is 2.46 bits per heavy atom. The van der Waals surface area contributed by atoms with E-state index in [9.17, 15) is 20.1 Å². The highest BCUT2D eigenvalue weighted by Crippen LogP contribution is 2.25. The summed E-state index contributed by atoms with van der Waals surface area (Å²) in [5.41, 5.74) is 1.64. The molecule has 0 heterocycles. The molecule has 0 aliphatic rings. The first-order valence-corrected chi connectivity index (χ1v) is 7.62. The number of carbonyl (C=O) groups is 1. The van der Waals surface area contributed by atoms with Crippen LogP contribution in [0.15, 0.2) is 48.5 Å². The first kappa shape index (κ1) is 17.4. The highest BCUT2D eigenvalue weighted by molar-refractivity contribution is 5.87. The predicted molar refractivity (Wildman–Crippen MR) is 90.8 cm³/mol. The molecule has 0 radical (unpaired) electrons. The summed E-state index contributed by atoms with van der Waals surface area (Å²) >= 11 is 0. The molecule has 0 saturated carbocycles. The van der Waals surface area contributed by atoms with Crippen LogP contribution < -0.4 is 0 Å². The summed E-state index contributed by atoms with van der Waals surface area (Å²) in [5.74, 6) is -0.699. The van der Waals surface area contributed by atoms with E-state index in [0.717, 1.165) is 12.0 Å². The minimum absolute atomic E-state index is 0.211. The van der Waals surface area contributed by atoms with E-state index in [0.29, 0.717) is 12.0 Å². The second-order valence-electron chi connectivity index (χ2n) is 5.53. The Labute approximate surface area is 140 Å². The van der Waals surface area contributed by atoms with Gasteiger partial charge < -0.3 is 20.1 Å². The van der Waals surface area contributed by atoms with E-state index in [-0.39, 0.29) is 23.4 Å². The number of esters is 1. The third kappa shape index (κ3) is 5.35. The molecule has 2 aromatic carbocycles. The molecule has 0 aliphatic heterocycles. The molecule has 0 saturated heterocycles. The normalized spacial score (nSPS) is 12.2. The Bertz CT molecular complexity index is 719. The highest BCUT2D eigenvalue weighted by Gasteiger charge is 2.07. The molecule has 5 nitrogen and oxygen atoms in total. The first-order valence-electron chi connectivity index (χ1n) is 7.62. The van der Waals surface area contributed by atoms with Gasteiger partial charge in [-0.3, -0.25) is 0 Å². The lowest BCUT2D eigenvalue weighted by Gasteiger charge is -2.11. The number of hydrogen-bond acceptors (Lipinski definition) is 5. The number of phenols is 3. The number of hydrogen-bond donors (Lipinski definition) is 3. The van der Waals surface area contributed by atoms with E-state index in [1.807, 2.05) is 19.1 Å². The Morgan fingerprint density at radius 1 is 1.08 bits per heavy atom. The predicted octanol–water partition coefficient (Wildman–Crippen LogP) is 3.38. The maximum absolute atomic E-state index is 11.8. The van der Waals surface area contributed by atoms with Crippen LogP contribution in [0.2, 0.25) is 0 Å². The molecule has 126 valence electrons. The number of benzene rings is 2. The van der Waals surface area contributed by atoms with Crippen molar-refractivity contribution in [1.82, 2.24) is 0 Å². The van der Waals surface area contributed by atoms with E-state index in [1.54, 1.807) is 18.2 Å². The van der Waals surface area contributed by atoms with Gasteiger partial charge in [-0.05, 0) is 61.2 Å². The topological polar surface area (TPSA) is 87.0 Å². The molecular weight excluding hydrogens is 308 g/mol. The number of ether oxygens (including phenoxy) is 1. The van der Waals surface area contributed by atoms with Crippen LogP contribution in [0.3, 0.4) is 0 Å². The first-order chi connectivity index (χ1) is 11.4. The molecule has 5 heteroatoms. The fourth-order valence-electron chi connectivity index (χ4n) is 2.14. The smallest absolute Gasteiger partial charge is 0.331 e. The van der Waals surface area contributed by atoms with Crippen molar-refractivity contribution >= 4 is 12.0 Å². The van der Waals surface area contributed by atoms with E-state index >= 15 is 0 Å². The van der Waals surface area contributed by atoms with Crippen LogP contribution in [0.25, 0.3) is 6.08 Å². The van der Waals surface area contributed by atoms with Crippen LogP contribution >= 0.6 is 0 Å². The van der Waals surface area contributed by atoms with Crippen LogP contribution in [0, 0.1) is 0 Å². The third-order valence-corrected chi connectivity index (χ3v) is 3.50. The largest absolute Gasteiger partial charge is 0.508 e. The third-order valence-electron chi connectivity index (χ3n) is 3.50. The second kappa shape index (κ2) is 8.06.